The second-order valence-electron chi connectivity index (χ2n) is 6.60. The zero-order valence-electron chi connectivity index (χ0n) is 15.5. The van der Waals surface area contributed by atoms with E-state index in [0.29, 0.717) is 37.0 Å². The lowest BCUT2D eigenvalue weighted by molar-refractivity contribution is 0.383. The topological polar surface area (TPSA) is 84.2 Å². The van der Waals surface area contributed by atoms with Crippen molar-refractivity contribution in [2.75, 3.05) is 31.1 Å². The number of aryl methyl sites for hydroxylation is 1. The maximum Gasteiger partial charge on any atom is 0.244 e. The van der Waals surface area contributed by atoms with Crippen LogP contribution in [0, 0.1) is 6.92 Å². The van der Waals surface area contributed by atoms with Gasteiger partial charge in [0.05, 0.1) is 10.7 Å². The number of rotatable bonds is 4. The Labute approximate surface area is 178 Å². The van der Waals surface area contributed by atoms with Gasteiger partial charge in [-0.25, -0.2) is 23.1 Å². The first-order valence-corrected chi connectivity index (χ1v) is 11.1. The summed E-state index contributed by atoms with van der Waals surface area (Å²) in [4.78, 5) is 10.6. The normalized spacial score (nSPS) is 15.6. The van der Waals surface area contributed by atoms with Crippen molar-refractivity contribution in [2.45, 2.75) is 11.8 Å². The van der Waals surface area contributed by atoms with Crippen molar-refractivity contribution in [1.82, 2.24) is 24.1 Å². The van der Waals surface area contributed by atoms with Crippen LogP contribution in [-0.4, -0.2) is 58.7 Å². The van der Waals surface area contributed by atoms with Gasteiger partial charge in [0.25, 0.3) is 0 Å². The number of hydrogen-bond donors (Lipinski definition) is 0. The Kier molecular flexibility index (Phi) is 5.48. The van der Waals surface area contributed by atoms with Crippen molar-refractivity contribution >= 4 is 39.0 Å². The average Bonchev–Trinajstić information content (AvgIpc) is 3.16. The second kappa shape index (κ2) is 7.91. The molecule has 8 nitrogen and oxygen atoms in total. The van der Waals surface area contributed by atoms with Gasteiger partial charge in [0, 0.05) is 43.5 Å². The Bertz CT molecular complexity index is 1140. The highest BCUT2D eigenvalue weighted by Crippen LogP contribution is 2.28. The van der Waals surface area contributed by atoms with Crippen molar-refractivity contribution in [3.05, 3.63) is 58.6 Å². The van der Waals surface area contributed by atoms with Gasteiger partial charge >= 0.3 is 0 Å². The molecule has 2 aromatic heterocycles. The highest BCUT2D eigenvalue weighted by Gasteiger charge is 2.30. The molecule has 0 unspecified atom stereocenters. The molecule has 0 radical (unpaired) electrons. The number of halogens is 2. The van der Waals surface area contributed by atoms with E-state index < -0.39 is 10.0 Å². The first-order valence-electron chi connectivity index (χ1n) is 8.89. The van der Waals surface area contributed by atoms with E-state index in [0.717, 1.165) is 11.5 Å². The molecule has 0 amide bonds. The van der Waals surface area contributed by atoms with Crippen LogP contribution in [0.5, 0.6) is 0 Å². The van der Waals surface area contributed by atoms with Crippen molar-refractivity contribution in [3.63, 3.8) is 0 Å². The molecule has 3 aromatic rings. The minimum atomic E-state index is -3.73. The van der Waals surface area contributed by atoms with Gasteiger partial charge in [-0.15, -0.1) is 0 Å². The SMILES string of the molecule is Cc1ccn(-c2cc(N3CCN(S(=O)(=O)c4cc(Cl)ccc4Cl)CC3)ncn2)n1. The van der Waals surface area contributed by atoms with E-state index in [2.05, 4.69) is 15.1 Å². The third-order valence-corrected chi connectivity index (χ3v) is 7.28. The van der Waals surface area contributed by atoms with E-state index >= 15 is 0 Å². The largest absolute Gasteiger partial charge is 0.354 e. The van der Waals surface area contributed by atoms with E-state index in [1.807, 2.05) is 30.2 Å². The summed E-state index contributed by atoms with van der Waals surface area (Å²) in [5, 5.41) is 4.84. The number of piperazine rings is 1. The number of aromatic nitrogens is 4. The molecule has 4 rings (SSSR count). The third kappa shape index (κ3) is 4.09. The Balaban J connectivity index is 1.50. The zero-order chi connectivity index (χ0) is 20.6. The molecule has 1 fully saturated rings. The number of nitrogens with zero attached hydrogens (tertiary/aromatic N) is 6. The lowest BCUT2D eigenvalue weighted by Gasteiger charge is -2.34. The molecule has 0 atom stereocenters. The van der Waals surface area contributed by atoms with Gasteiger partial charge in [-0.2, -0.15) is 9.40 Å². The highest BCUT2D eigenvalue weighted by atomic mass is 35.5. The number of hydrogen-bond acceptors (Lipinski definition) is 6. The number of anilines is 1. The number of benzene rings is 1. The van der Waals surface area contributed by atoms with Crippen molar-refractivity contribution < 1.29 is 8.42 Å². The molecule has 0 N–H and O–H groups in total. The van der Waals surface area contributed by atoms with Crippen LogP contribution >= 0.6 is 23.2 Å². The summed E-state index contributed by atoms with van der Waals surface area (Å²) in [5.41, 5.74) is 0.892. The monoisotopic (exact) mass is 452 g/mol. The van der Waals surface area contributed by atoms with Gasteiger partial charge in [0.1, 0.15) is 17.0 Å². The molecule has 152 valence electrons. The molecule has 11 heteroatoms. The molecular weight excluding hydrogens is 435 g/mol. The quantitative estimate of drug-likeness (QED) is 0.604. The standard InChI is InChI=1S/C18H18Cl2N6O2S/c1-13-4-5-26(23-13)18-11-17(21-12-22-18)24-6-8-25(9-7-24)29(27,28)16-10-14(19)2-3-15(16)20/h2-5,10-12H,6-9H2,1H3. The molecule has 29 heavy (non-hydrogen) atoms. The van der Waals surface area contributed by atoms with Crippen LogP contribution in [0.2, 0.25) is 10.0 Å². The van der Waals surface area contributed by atoms with Gasteiger partial charge in [-0.05, 0) is 31.2 Å². The molecule has 0 aliphatic carbocycles. The maximum absolute atomic E-state index is 13.0. The predicted molar refractivity (Wildman–Crippen MR) is 111 cm³/mol. The van der Waals surface area contributed by atoms with Gasteiger partial charge in [0.15, 0.2) is 5.82 Å². The van der Waals surface area contributed by atoms with E-state index in [9.17, 15) is 8.42 Å². The molecule has 1 saturated heterocycles. The Morgan fingerprint density at radius 3 is 2.38 bits per heavy atom. The summed E-state index contributed by atoms with van der Waals surface area (Å²) in [5.74, 6) is 1.38. The maximum atomic E-state index is 13.0. The van der Waals surface area contributed by atoms with E-state index in [1.165, 1.54) is 22.8 Å². The fraction of sp³-hybridized carbons (Fsp3) is 0.278. The molecule has 0 spiro atoms. The summed E-state index contributed by atoms with van der Waals surface area (Å²) in [6, 6.07) is 8.17. The number of sulfonamides is 1. The van der Waals surface area contributed by atoms with Crippen molar-refractivity contribution in [1.29, 1.82) is 0 Å². The average molecular weight is 453 g/mol. The molecule has 0 bridgehead atoms. The van der Waals surface area contributed by atoms with Crippen LogP contribution in [0.1, 0.15) is 5.69 Å². The summed E-state index contributed by atoms with van der Waals surface area (Å²) in [6.07, 6.45) is 3.32. The minimum Gasteiger partial charge on any atom is -0.354 e. The van der Waals surface area contributed by atoms with Crippen LogP contribution in [-0.2, 0) is 10.0 Å². The van der Waals surface area contributed by atoms with Gasteiger partial charge in [-0.3, -0.25) is 0 Å². The van der Waals surface area contributed by atoms with Crippen LogP contribution in [0.4, 0.5) is 5.82 Å². The Morgan fingerprint density at radius 2 is 1.69 bits per heavy atom. The van der Waals surface area contributed by atoms with Gasteiger partial charge in [-0.1, -0.05) is 23.2 Å². The highest BCUT2D eigenvalue weighted by molar-refractivity contribution is 7.89. The summed E-state index contributed by atoms with van der Waals surface area (Å²) < 4.78 is 29.0. The van der Waals surface area contributed by atoms with Crippen LogP contribution in [0.15, 0.2) is 47.8 Å². The van der Waals surface area contributed by atoms with Crippen molar-refractivity contribution in [3.8, 4) is 5.82 Å². The first kappa shape index (κ1) is 20.1. The van der Waals surface area contributed by atoms with Crippen molar-refractivity contribution in [2.24, 2.45) is 0 Å². The van der Waals surface area contributed by atoms with Crippen LogP contribution < -0.4 is 4.90 Å². The lowest BCUT2D eigenvalue weighted by atomic mass is 10.3. The van der Waals surface area contributed by atoms with Crippen LogP contribution in [0.3, 0.4) is 0 Å². The minimum absolute atomic E-state index is 0.0264. The molecule has 1 aliphatic rings. The third-order valence-electron chi connectivity index (χ3n) is 4.67. The molecule has 1 aliphatic heterocycles. The molecule has 3 heterocycles. The molecule has 0 saturated carbocycles. The van der Waals surface area contributed by atoms with E-state index in [4.69, 9.17) is 23.2 Å². The molecule has 1 aromatic carbocycles. The zero-order valence-corrected chi connectivity index (χ0v) is 17.9. The fourth-order valence-electron chi connectivity index (χ4n) is 3.15. The summed E-state index contributed by atoms with van der Waals surface area (Å²) in [6.45, 7) is 3.51. The Morgan fingerprint density at radius 1 is 0.966 bits per heavy atom. The second-order valence-corrected chi connectivity index (χ2v) is 9.35. The lowest BCUT2D eigenvalue weighted by Crippen LogP contribution is -2.49. The predicted octanol–water partition coefficient (Wildman–Crippen LogP) is 2.79. The summed E-state index contributed by atoms with van der Waals surface area (Å²) in [7, 11) is -3.73. The Hall–Kier alpha value is -2.20. The summed E-state index contributed by atoms with van der Waals surface area (Å²) >= 11 is 12.1. The first-order chi connectivity index (χ1) is 13.8. The fourth-order valence-corrected chi connectivity index (χ4v) is 5.31. The van der Waals surface area contributed by atoms with Crippen LogP contribution in [0.25, 0.3) is 5.82 Å². The van der Waals surface area contributed by atoms with E-state index in [-0.39, 0.29) is 9.92 Å². The van der Waals surface area contributed by atoms with Gasteiger partial charge < -0.3 is 4.90 Å². The van der Waals surface area contributed by atoms with E-state index in [1.54, 1.807) is 10.7 Å². The smallest absolute Gasteiger partial charge is 0.244 e. The van der Waals surface area contributed by atoms with Gasteiger partial charge in [0.2, 0.25) is 10.0 Å². The molecular formula is C18H18Cl2N6O2S.